The summed E-state index contributed by atoms with van der Waals surface area (Å²) in [5.74, 6) is 0.224. The Balaban J connectivity index is 2.57. The summed E-state index contributed by atoms with van der Waals surface area (Å²) < 4.78 is 0. The van der Waals surface area contributed by atoms with Gasteiger partial charge in [-0.05, 0) is 73.9 Å². The molecule has 0 fully saturated rings. The van der Waals surface area contributed by atoms with Gasteiger partial charge in [0.05, 0.1) is 0 Å². The highest BCUT2D eigenvalue weighted by Gasteiger charge is 2.19. The van der Waals surface area contributed by atoms with E-state index in [1.807, 2.05) is 12.1 Å². The van der Waals surface area contributed by atoms with Gasteiger partial charge in [0.15, 0.2) is 0 Å². The lowest BCUT2D eigenvalue weighted by Crippen LogP contribution is -2.10. The van der Waals surface area contributed by atoms with Crippen molar-refractivity contribution < 1.29 is 0 Å². The Morgan fingerprint density at radius 2 is 1.91 bits per heavy atom. The summed E-state index contributed by atoms with van der Waals surface area (Å²) in [5.41, 5.74) is 13.4. The lowest BCUT2D eigenvalue weighted by Gasteiger charge is -2.22. The van der Waals surface area contributed by atoms with Crippen molar-refractivity contribution in [2.24, 2.45) is 0 Å². The minimum atomic E-state index is 0.224. The fraction of sp³-hybridized carbons (Fsp3) is 0.300. The van der Waals surface area contributed by atoms with E-state index in [0.717, 1.165) is 12.2 Å². The molecular formula is C20H26N2. The van der Waals surface area contributed by atoms with E-state index in [-0.39, 0.29) is 5.92 Å². The van der Waals surface area contributed by atoms with Crippen LogP contribution in [0.3, 0.4) is 0 Å². The molecule has 116 valence electrons. The Hall–Kier alpha value is -2.22. The number of benzene rings is 2. The second-order valence-corrected chi connectivity index (χ2v) is 5.84. The van der Waals surface area contributed by atoms with Crippen LogP contribution in [-0.2, 0) is 0 Å². The standard InChI is InChI=1S/C20H26N2/c1-5-22-13-15(3)20(17-9-7-10-18(21)12-17)19-11-6-8-14(2)16(19)4/h6-13,20,22H,5,21H2,1-4H3/b15-13+. The quantitative estimate of drug-likeness (QED) is 0.795. The number of anilines is 1. The van der Waals surface area contributed by atoms with Gasteiger partial charge in [-0.3, -0.25) is 0 Å². The first-order valence-corrected chi connectivity index (χ1v) is 7.86. The molecule has 0 aliphatic rings. The maximum atomic E-state index is 6.01. The summed E-state index contributed by atoms with van der Waals surface area (Å²) >= 11 is 0. The van der Waals surface area contributed by atoms with E-state index in [0.29, 0.717) is 0 Å². The molecule has 2 heteroatoms. The highest BCUT2D eigenvalue weighted by atomic mass is 14.8. The fourth-order valence-electron chi connectivity index (χ4n) is 2.86. The van der Waals surface area contributed by atoms with E-state index < -0.39 is 0 Å². The zero-order valence-corrected chi connectivity index (χ0v) is 14.0. The minimum absolute atomic E-state index is 0.224. The van der Waals surface area contributed by atoms with Crippen molar-refractivity contribution in [3.05, 3.63) is 76.5 Å². The van der Waals surface area contributed by atoms with Gasteiger partial charge in [-0.15, -0.1) is 0 Å². The van der Waals surface area contributed by atoms with Gasteiger partial charge in [-0.1, -0.05) is 30.3 Å². The molecule has 3 N–H and O–H groups in total. The Labute approximate surface area is 134 Å². The first kappa shape index (κ1) is 16.2. The average Bonchev–Trinajstić information content (AvgIpc) is 2.50. The zero-order chi connectivity index (χ0) is 16.1. The molecule has 0 aliphatic carbocycles. The summed E-state index contributed by atoms with van der Waals surface area (Å²) in [6.07, 6.45) is 2.12. The number of aryl methyl sites for hydroxylation is 1. The normalized spacial score (nSPS) is 13.0. The van der Waals surface area contributed by atoms with Crippen molar-refractivity contribution in [1.82, 2.24) is 5.32 Å². The Kier molecular flexibility index (Phi) is 5.26. The number of hydrogen-bond donors (Lipinski definition) is 2. The molecule has 22 heavy (non-hydrogen) atoms. The molecule has 0 saturated heterocycles. The first-order valence-electron chi connectivity index (χ1n) is 7.86. The van der Waals surface area contributed by atoms with Crippen molar-refractivity contribution in [1.29, 1.82) is 0 Å². The Bertz CT molecular complexity index is 671. The van der Waals surface area contributed by atoms with Gasteiger partial charge in [-0.25, -0.2) is 0 Å². The second kappa shape index (κ2) is 7.17. The predicted molar refractivity (Wildman–Crippen MR) is 96.0 cm³/mol. The molecule has 0 radical (unpaired) electrons. The van der Waals surface area contributed by atoms with Gasteiger partial charge in [0, 0.05) is 18.2 Å². The molecular weight excluding hydrogens is 268 g/mol. The molecule has 0 heterocycles. The lowest BCUT2D eigenvalue weighted by atomic mass is 9.82. The summed E-state index contributed by atoms with van der Waals surface area (Å²) in [4.78, 5) is 0. The van der Waals surface area contributed by atoms with Crippen LogP contribution in [0, 0.1) is 13.8 Å². The van der Waals surface area contributed by atoms with Crippen LogP contribution in [0.5, 0.6) is 0 Å². The topological polar surface area (TPSA) is 38.0 Å². The van der Waals surface area contributed by atoms with Gasteiger partial charge in [-0.2, -0.15) is 0 Å². The van der Waals surface area contributed by atoms with Crippen LogP contribution in [0.2, 0.25) is 0 Å². The highest BCUT2D eigenvalue weighted by Crippen LogP contribution is 2.34. The molecule has 0 spiro atoms. The predicted octanol–water partition coefficient (Wildman–Crippen LogP) is 4.53. The van der Waals surface area contributed by atoms with Crippen molar-refractivity contribution in [2.75, 3.05) is 12.3 Å². The van der Waals surface area contributed by atoms with Crippen LogP contribution in [0.1, 0.15) is 42.0 Å². The largest absolute Gasteiger partial charge is 0.399 e. The monoisotopic (exact) mass is 294 g/mol. The van der Waals surface area contributed by atoms with Crippen LogP contribution < -0.4 is 11.1 Å². The van der Waals surface area contributed by atoms with Crippen LogP contribution in [0.25, 0.3) is 0 Å². The number of nitrogens with one attached hydrogen (secondary N) is 1. The van der Waals surface area contributed by atoms with Crippen molar-refractivity contribution in [3.63, 3.8) is 0 Å². The molecule has 1 unspecified atom stereocenters. The summed E-state index contributed by atoms with van der Waals surface area (Å²) in [6.45, 7) is 9.58. The molecule has 2 aromatic carbocycles. The molecule has 1 atom stereocenters. The van der Waals surface area contributed by atoms with E-state index in [1.54, 1.807) is 0 Å². The van der Waals surface area contributed by atoms with Gasteiger partial charge < -0.3 is 11.1 Å². The molecule has 0 bridgehead atoms. The van der Waals surface area contributed by atoms with Crippen molar-refractivity contribution >= 4 is 5.69 Å². The maximum absolute atomic E-state index is 6.01. The van der Waals surface area contributed by atoms with E-state index >= 15 is 0 Å². The Morgan fingerprint density at radius 1 is 1.18 bits per heavy atom. The van der Waals surface area contributed by atoms with Gasteiger partial charge in [0.1, 0.15) is 0 Å². The first-order chi connectivity index (χ1) is 10.5. The van der Waals surface area contributed by atoms with Crippen LogP contribution >= 0.6 is 0 Å². The van der Waals surface area contributed by atoms with Gasteiger partial charge in [0.2, 0.25) is 0 Å². The minimum Gasteiger partial charge on any atom is -0.399 e. The molecule has 0 amide bonds. The highest BCUT2D eigenvalue weighted by molar-refractivity contribution is 5.50. The number of hydrogen-bond acceptors (Lipinski definition) is 2. The number of allylic oxidation sites excluding steroid dienone is 1. The summed E-state index contributed by atoms with van der Waals surface area (Å²) in [5, 5.41) is 3.32. The van der Waals surface area contributed by atoms with Crippen molar-refractivity contribution in [2.45, 2.75) is 33.6 Å². The van der Waals surface area contributed by atoms with Crippen molar-refractivity contribution in [3.8, 4) is 0 Å². The maximum Gasteiger partial charge on any atom is 0.0317 e. The third-order valence-corrected chi connectivity index (χ3v) is 4.19. The zero-order valence-electron chi connectivity index (χ0n) is 14.0. The molecule has 0 saturated carbocycles. The number of rotatable bonds is 5. The summed E-state index contributed by atoms with van der Waals surface area (Å²) in [7, 11) is 0. The van der Waals surface area contributed by atoms with E-state index in [4.69, 9.17) is 5.73 Å². The van der Waals surface area contributed by atoms with E-state index in [2.05, 4.69) is 69.5 Å². The third-order valence-electron chi connectivity index (χ3n) is 4.19. The van der Waals surface area contributed by atoms with E-state index in [1.165, 1.54) is 27.8 Å². The van der Waals surface area contributed by atoms with Crippen LogP contribution in [0.4, 0.5) is 5.69 Å². The van der Waals surface area contributed by atoms with Gasteiger partial charge in [0.25, 0.3) is 0 Å². The molecule has 2 rings (SSSR count). The third kappa shape index (κ3) is 3.51. The second-order valence-electron chi connectivity index (χ2n) is 5.84. The lowest BCUT2D eigenvalue weighted by molar-refractivity contribution is 0.861. The summed E-state index contributed by atoms with van der Waals surface area (Å²) in [6, 6.07) is 14.7. The van der Waals surface area contributed by atoms with Crippen LogP contribution in [-0.4, -0.2) is 6.54 Å². The van der Waals surface area contributed by atoms with Gasteiger partial charge >= 0.3 is 0 Å². The SMILES string of the molecule is CCN/C=C(\C)C(c1cccc(N)c1)c1cccc(C)c1C. The fourth-order valence-corrected chi connectivity index (χ4v) is 2.86. The van der Waals surface area contributed by atoms with Crippen LogP contribution in [0.15, 0.2) is 54.2 Å². The molecule has 2 nitrogen and oxygen atoms in total. The molecule has 2 aromatic rings. The molecule has 0 aliphatic heterocycles. The number of nitrogen functional groups attached to an aromatic ring is 1. The number of nitrogens with two attached hydrogens (primary N) is 1. The molecule has 0 aromatic heterocycles. The average molecular weight is 294 g/mol. The Morgan fingerprint density at radius 3 is 2.59 bits per heavy atom. The smallest absolute Gasteiger partial charge is 0.0317 e. The van der Waals surface area contributed by atoms with E-state index in [9.17, 15) is 0 Å².